The van der Waals surface area contributed by atoms with E-state index in [0.29, 0.717) is 11.5 Å². The Morgan fingerprint density at radius 1 is 1.05 bits per heavy atom. The molecule has 4 fully saturated rings. The second kappa shape index (κ2) is 4.60. The molecule has 4 saturated carbocycles. The van der Waals surface area contributed by atoms with Crippen molar-refractivity contribution in [1.29, 1.82) is 0 Å². The molecule has 1 nitrogen and oxygen atoms in total. The van der Waals surface area contributed by atoms with Crippen molar-refractivity contribution in [3.8, 4) is 0 Å². The van der Waals surface area contributed by atoms with Gasteiger partial charge >= 0.3 is 0 Å². The van der Waals surface area contributed by atoms with Gasteiger partial charge in [-0.2, -0.15) is 0 Å². The maximum atomic E-state index is 6.27. The van der Waals surface area contributed by atoms with Crippen LogP contribution in [-0.2, 0) is 0 Å². The maximum absolute atomic E-state index is 6.27. The van der Waals surface area contributed by atoms with Crippen molar-refractivity contribution < 1.29 is 0 Å². The molecule has 0 radical (unpaired) electrons. The van der Waals surface area contributed by atoms with Crippen molar-refractivity contribution in [3.05, 3.63) is 11.6 Å². The average Bonchev–Trinajstić information content (AvgIpc) is 2.30. The smallest absolute Gasteiger partial charge is 0.0231 e. The molecule has 20 heavy (non-hydrogen) atoms. The van der Waals surface area contributed by atoms with E-state index in [0.717, 1.165) is 36.0 Å². The fourth-order valence-corrected chi connectivity index (χ4v) is 6.56. The second-order valence-electron chi connectivity index (χ2n) is 9.33. The first kappa shape index (κ1) is 13.4. The molecule has 5 rings (SSSR count). The Kier molecular flexibility index (Phi) is 3.07. The third kappa shape index (κ3) is 2.36. The van der Waals surface area contributed by atoms with Crippen LogP contribution in [0.3, 0.4) is 0 Å². The van der Waals surface area contributed by atoms with Crippen LogP contribution in [-0.4, -0.2) is 6.04 Å². The van der Waals surface area contributed by atoms with Gasteiger partial charge < -0.3 is 5.73 Å². The summed E-state index contributed by atoms with van der Waals surface area (Å²) in [6, 6.07) is 0.311. The Hall–Kier alpha value is -0.300. The number of allylic oxidation sites excluding steroid dienone is 1. The van der Waals surface area contributed by atoms with Crippen molar-refractivity contribution >= 4 is 0 Å². The van der Waals surface area contributed by atoms with Gasteiger partial charge in [0.25, 0.3) is 0 Å². The molecule has 5 aliphatic rings. The van der Waals surface area contributed by atoms with Gasteiger partial charge in [0.15, 0.2) is 0 Å². The number of rotatable bonds is 2. The van der Waals surface area contributed by atoms with Crippen LogP contribution >= 0.6 is 0 Å². The van der Waals surface area contributed by atoms with E-state index in [1.54, 1.807) is 37.7 Å². The molecule has 0 aromatic heterocycles. The van der Waals surface area contributed by atoms with Crippen LogP contribution < -0.4 is 5.73 Å². The number of nitrogens with two attached hydrogens (primary N) is 1. The molecule has 1 unspecified atom stereocenters. The van der Waals surface area contributed by atoms with Crippen molar-refractivity contribution in [2.45, 2.75) is 71.3 Å². The molecule has 2 N–H and O–H groups in total. The Bertz CT molecular complexity index is 391. The standard InChI is InChI=1S/C19H31N/c1-19(2)10-14(8-17(20)11-19)9-18-15-4-12-3-13(6-15)7-16(18)5-12/h8,12-13,15-18H,3-7,9-11,20H2,1-2H3. The lowest BCUT2D eigenvalue weighted by Crippen LogP contribution is -2.45. The fourth-order valence-electron chi connectivity index (χ4n) is 6.56. The Morgan fingerprint density at radius 3 is 2.20 bits per heavy atom. The molecule has 1 atom stereocenters. The molecular weight excluding hydrogens is 242 g/mol. The number of hydrogen-bond donors (Lipinski definition) is 1. The highest BCUT2D eigenvalue weighted by Crippen LogP contribution is 2.58. The van der Waals surface area contributed by atoms with Gasteiger partial charge in [0.05, 0.1) is 0 Å². The molecule has 0 aromatic rings. The Morgan fingerprint density at radius 2 is 1.65 bits per heavy atom. The first-order chi connectivity index (χ1) is 9.48. The highest BCUT2D eigenvalue weighted by Gasteiger charge is 2.48. The third-order valence-electron chi connectivity index (χ3n) is 6.86. The maximum Gasteiger partial charge on any atom is 0.0231 e. The Labute approximate surface area is 124 Å². The lowest BCUT2D eigenvalue weighted by Gasteiger charge is -2.55. The van der Waals surface area contributed by atoms with E-state index in [2.05, 4.69) is 19.9 Å². The minimum Gasteiger partial charge on any atom is -0.324 e. The summed E-state index contributed by atoms with van der Waals surface area (Å²) in [6.07, 6.45) is 14.1. The van der Waals surface area contributed by atoms with E-state index in [1.807, 2.05) is 0 Å². The van der Waals surface area contributed by atoms with Crippen LogP contribution in [0.2, 0.25) is 0 Å². The van der Waals surface area contributed by atoms with E-state index in [4.69, 9.17) is 5.73 Å². The second-order valence-corrected chi connectivity index (χ2v) is 9.33. The zero-order chi connectivity index (χ0) is 13.9. The van der Waals surface area contributed by atoms with Crippen LogP contribution in [0.4, 0.5) is 0 Å². The van der Waals surface area contributed by atoms with E-state index < -0.39 is 0 Å². The van der Waals surface area contributed by atoms with E-state index in [9.17, 15) is 0 Å². The fraction of sp³-hybridized carbons (Fsp3) is 0.895. The molecule has 0 spiro atoms. The minimum absolute atomic E-state index is 0.311. The average molecular weight is 273 g/mol. The van der Waals surface area contributed by atoms with E-state index >= 15 is 0 Å². The summed E-state index contributed by atoms with van der Waals surface area (Å²) >= 11 is 0. The zero-order valence-electron chi connectivity index (χ0n) is 13.3. The van der Waals surface area contributed by atoms with Crippen molar-refractivity contribution in [1.82, 2.24) is 0 Å². The molecule has 112 valence electrons. The van der Waals surface area contributed by atoms with Gasteiger partial charge in [-0.05, 0) is 86.4 Å². The molecule has 1 heteroatoms. The van der Waals surface area contributed by atoms with Gasteiger partial charge in [0, 0.05) is 6.04 Å². The molecular formula is C19H31N. The van der Waals surface area contributed by atoms with Crippen molar-refractivity contribution in [2.24, 2.45) is 40.7 Å². The Balaban J connectivity index is 1.49. The lowest BCUT2D eigenvalue weighted by atomic mass is 9.50. The van der Waals surface area contributed by atoms with Crippen LogP contribution in [0.1, 0.15) is 65.2 Å². The topological polar surface area (TPSA) is 26.0 Å². The van der Waals surface area contributed by atoms with E-state index in [1.165, 1.54) is 12.8 Å². The predicted octanol–water partition coefficient (Wildman–Crippen LogP) is 4.52. The monoisotopic (exact) mass is 273 g/mol. The van der Waals surface area contributed by atoms with Gasteiger partial charge in [-0.25, -0.2) is 0 Å². The summed E-state index contributed by atoms with van der Waals surface area (Å²) in [5.41, 5.74) is 8.40. The first-order valence-corrected chi connectivity index (χ1v) is 8.94. The molecule has 0 amide bonds. The summed E-state index contributed by atoms with van der Waals surface area (Å²) in [5, 5.41) is 0. The molecule has 5 aliphatic carbocycles. The van der Waals surface area contributed by atoms with Crippen LogP contribution in [0.25, 0.3) is 0 Å². The summed E-state index contributed by atoms with van der Waals surface area (Å²) in [6.45, 7) is 4.80. The molecule has 4 bridgehead atoms. The molecule has 0 aromatic carbocycles. The lowest BCUT2D eigenvalue weighted by molar-refractivity contribution is -0.0368. The predicted molar refractivity (Wildman–Crippen MR) is 84.2 cm³/mol. The summed E-state index contributed by atoms with van der Waals surface area (Å²) in [7, 11) is 0. The van der Waals surface area contributed by atoms with Gasteiger partial charge in [0.1, 0.15) is 0 Å². The zero-order valence-corrected chi connectivity index (χ0v) is 13.3. The van der Waals surface area contributed by atoms with Gasteiger partial charge in [-0.1, -0.05) is 25.5 Å². The minimum atomic E-state index is 0.311. The van der Waals surface area contributed by atoms with E-state index in [-0.39, 0.29) is 0 Å². The summed E-state index contributed by atoms with van der Waals surface area (Å²) < 4.78 is 0. The quantitative estimate of drug-likeness (QED) is 0.735. The van der Waals surface area contributed by atoms with Gasteiger partial charge in [-0.15, -0.1) is 0 Å². The van der Waals surface area contributed by atoms with Crippen molar-refractivity contribution in [2.75, 3.05) is 0 Å². The SMILES string of the molecule is CC1(C)CC(CC2C3CC4CC(C3)CC2C4)=CC(N)C1. The third-order valence-corrected chi connectivity index (χ3v) is 6.86. The summed E-state index contributed by atoms with van der Waals surface area (Å²) in [5.74, 6) is 5.34. The highest BCUT2D eigenvalue weighted by molar-refractivity contribution is 5.16. The highest BCUT2D eigenvalue weighted by atomic mass is 14.6. The first-order valence-electron chi connectivity index (χ1n) is 8.94. The van der Waals surface area contributed by atoms with Crippen LogP contribution in [0, 0.1) is 35.0 Å². The van der Waals surface area contributed by atoms with Crippen LogP contribution in [0.5, 0.6) is 0 Å². The number of hydrogen-bond acceptors (Lipinski definition) is 1. The summed E-state index contributed by atoms with van der Waals surface area (Å²) in [4.78, 5) is 0. The van der Waals surface area contributed by atoms with Gasteiger partial charge in [0.2, 0.25) is 0 Å². The molecule has 0 saturated heterocycles. The van der Waals surface area contributed by atoms with Crippen LogP contribution in [0.15, 0.2) is 11.6 Å². The normalized spacial score (nSPS) is 49.2. The largest absolute Gasteiger partial charge is 0.324 e. The molecule has 0 heterocycles. The molecule has 0 aliphatic heterocycles. The van der Waals surface area contributed by atoms with Gasteiger partial charge in [-0.3, -0.25) is 0 Å². The van der Waals surface area contributed by atoms with Crippen molar-refractivity contribution in [3.63, 3.8) is 0 Å².